The fraction of sp³-hybridized carbons (Fsp3) is 0.643. The molecular weight excluding hydrogens is 296 g/mol. The van der Waals surface area contributed by atoms with E-state index in [4.69, 9.17) is 10.5 Å². The van der Waals surface area contributed by atoms with Gasteiger partial charge in [-0.2, -0.15) is 0 Å². The molecule has 114 valence electrons. The number of rotatable bonds is 6. The zero-order valence-corrected chi connectivity index (χ0v) is 13.4. The Morgan fingerprint density at radius 1 is 1.60 bits per heavy atom. The molecule has 2 rings (SSSR count). The SMILES string of the molecule is CCCCC(CN)NC(=O)c1cc2c(s1)CCOC2.Cl. The van der Waals surface area contributed by atoms with Gasteiger partial charge in [-0.15, -0.1) is 23.7 Å². The van der Waals surface area contributed by atoms with Crippen LogP contribution < -0.4 is 11.1 Å². The van der Waals surface area contributed by atoms with Crippen LogP contribution in [0.15, 0.2) is 6.07 Å². The molecule has 0 bridgehead atoms. The minimum atomic E-state index is 0. The lowest BCUT2D eigenvalue weighted by atomic mass is 10.1. The Bertz CT molecular complexity index is 413. The molecule has 0 saturated carbocycles. The third kappa shape index (κ3) is 4.45. The van der Waals surface area contributed by atoms with Crippen LogP contribution in [0.25, 0.3) is 0 Å². The molecule has 0 radical (unpaired) electrons. The van der Waals surface area contributed by atoms with Crippen molar-refractivity contribution in [1.82, 2.24) is 5.32 Å². The predicted molar refractivity (Wildman–Crippen MR) is 84.8 cm³/mol. The summed E-state index contributed by atoms with van der Waals surface area (Å²) in [6, 6.07) is 2.05. The Hall–Kier alpha value is -0.620. The fourth-order valence-electron chi connectivity index (χ4n) is 2.22. The summed E-state index contributed by atoms with van der Waals surface area (Å²) in [5, 5.41) is 3.03. The quantitative estimate of drug-likeness (QED) is 0.847. The van der Waals surface area contributed by atoms with Gasteiger partial charge in [0.15, 0.2) is 0 Å². The van der Waals surface area contributed by atoms with Crippen LogP contribution in [0.3, 0.4) is 0 Å². The van der Waals surface area contributed by atoms with E-state index < -0.39 is 0 Å². The smallest absolute Gasteiger partial charge is 0.261 e. The second-order valence-corrected chi connectivity index (χ2v) is 6.05. The minimum absolute atomic E-state index is 0. The van der Waals surface area contributed by atoms with E-state index in [0.717, 1.165) is 37.2 Å². The Labute approximate surface area is 130 Å². The monoisotopic (exact) mass is 318 g/mol. The number of nitrogens with one attached hydrogen (secondary N) is 1. The van der Waals surface area contributed by atoms with Crippen LogP contribution in [0, 0.1) is 0 Å². The van der Waals surface area contributed by atoms with Gasteiger partial charge in [-0.1, -0.05) is 19.8 Å². The summed E-state index contributed by atoms with van der Waals surface area (Å²) in [5.74, 6) is 0.00551. The van der Waals surface area contributed by atoms with Gasteiger partial charge in [0.1, 0.15) is 0 Å². The number of carbonyl (C=O) groups is 1. The molecule has 6 heteroatoms. The van der Waals surface area contributed by atoms with E-state index >= 15 is 0 Å². The molecule has 3 N–H and O–H groups in total. The molecule has 1 aromatic rings. The largest absolute Gasteiger partial charge is 0.376 e. The van der Waals surface area contributed by atoms with E-state index in [2.05, 4.69) is 12.2 Å². The van der Waals surface area contributed by atoms with Gasteiger partial charge in [0, 0.05) is 23.9 Å². The van der Waals surface area contributed by atoms with Crippen molar-refractivity contribution in [2.45, 2.75) is 45.3 Å². The van der Waals surface area contributed by atoms with Crippen LogP contribution >= 0.6 is 23.7 Å². The Morgan fingerprint density at radius 2 is 2.40 bits per heavy atom. The lowest BCUT2D eigenvalue weighted by molar-refractivity contribution is 0.0939. The van der Waals surface area contributed by atoms with Crippen molar-refractivity contribution < 1.29 is 9.53 Å². The summed E-state index contributed by atoms with van der Waals surface area (Å²) in [6.45, 7) is 4.04. The first kappa shape index (κ1) is 17.4. The normalized spacial score (nSPS) is 15.1. The summed E-state index contributed by atoms with van der Waals surface area (Å²) < 4.78 is 5.40. The number of unbranched alkanes of at least 4 members (excludes halogenated alkanes) is 1. The molecule has 1 aliphatic heterocycles. The molecule has 0 aliphatic carbocycles. The van der Waals surface area contributed by atoms with Gasteiger partial charge in [0.05, 0.1) is 18.1 Å². The molecule has 0 aromatic carbocycles. The second kappa shape index (κ2) is 8.62. The second-order valence-electron chi connectivity index (χ2n) is 4.91. The number of amides is 1. The number of thiophene rings is 1. The van der Waals surface area contributed by atoms with Crippen molar-refractivity contribution in [3.8, 4) is 0 Å². The molecule has 1 amide bonds. The van der Waals surface area contributed by atoms with Crippen molar-refractivity contribution in [2.75, 3.05) is 13.2 Å². The Kier molecular flexibility index (Phi) is 7.51. The van der Waals surface area contributed by atoms with Crippen molar-refractivity contribution in [3.05, 3.63) is 21.4 Å². The summed E-state index contributed by atoms with van der Waals surface area (Å²) in [4.78, 5) is 14.3. The van der Waals surface area contributed by atoms with Crippen LogP contribution in [-0.4, -0.2) is 25.1 Å². The molecule has 1 aromatic heterocycles. The third-order valence-corrected chi connectivity index (χ3v) is 4.61. The van der Waals surface area contributed by atoms with Crippen molar-refractivity contribution >= 4 is 29.7 Å². The summed E-state index contributed by atoms with van der Waals surface area (Å²) in [6.07, 6.45) is 4.09. The number of hydrogen-bond donors (Lipinski definition) is 2. The number of nitrogens with two attached hydrogens (primary N) is 1. The van der Waals surface area contributed by atoms with E-state index in [1.165, 1.54) is 10.4 Å². The molecular formula is C14H23ClN2O2S. The van der Waals surface area contributed by atoms with E-state index in [-0.39, 0.29) is 24.4 Å². The van der Waals surface area contributed by atoms with Gasteiger partial charge in [0.2, 0.25) is 0 Å². The van der Waals surface area contributed by atoms with E-state index in [1.54, 1.807) is 11.3 Å². The minimum Gasteiger partial charge on any atom is -0.376 e. The first-order valence-corrected chi connectivity index (χ1v) is 7.76. The molecule has 0 saturated heterocycles. The molecule has 2 heterocycles. The molecule has 0 fully saturated rings. The lowest BCUT2D eigenvalue weighted by Crippen LogP contribution is -2.39. The lowest BCUT2D eigenvalue weighted by Gasteiger charge is -2.15. The van der Waals surface area contributed by atoms with Gasteiger partial charge in [0.25, 0.3) is 5.91 Å². The zero-order valence-electron chi connectivity index (χ0n) is 11.8. The van der Waals surface area contributed by atoms with E-state index in [1.807, 2.05) is 6.07 Å². The van der Waals surface area contributed by atoms with Crippen molar-refractivity contribution in [3.63, 3.8) is 0 Å². The van der Waals surface area contributed by atoms with Crippen LogP contribution in [-0.2, 0) is 17.8 Å². The summed E-state index contributed by atoms with van der Waals surface area (Å²) >= 11 is 1.59. The topological polar surface area (TPSA) is 64.3 Å². The van der Waals surface area contributed by atoms with Crippen LogP contribution in [0.1, 0.15) is 46.3 Å². The molecule has 20 heavy (non-hydrogen) atoms. The highest BCUT2D eigenvalue weighted by Crippen LogP contribution is 2.26. The average molecular weight is 319 g/mol. The molecule has 1 aliphatic rings. The first-order valence-electron chi connectivity index (χ1n) is 6.94. The number of fused-ring (bicyclic) bond motifs is 1. The Balaban J connectivity index is 0.00000200. The third-order valence-electron chi connectivity index (χ3n) is 3.38. The Morgan fingerprint density at radius 3 is 3.05 bits per heavy atom. The van der Waals surface area contributed by atoms with Gasteiger partial charge < -0.3 is 15.8 Å². The van der Waals surface area contributed by atoms with E-state index in [9.17, 15) is 4.79 Å². The number of carbonyl (C=O) groups excluding carboxylic acids is 1. The zero-order chi connectivity index (χ0) is 13.7. The van der Waals surface area contributed by atoms with Gasteiger partial charge >= 0.3 is 0 Å². The highest BCUT2D eigenvalue weighted by Gasteiger charge is 2.19. The maximum atomic E-state index is 12.2. The summed E-state index contributed by atoms with van der Waals surface area (Å²) in [5.41, 5.74) is 6.87. The molecule has 1 unspecified atom stereocenters. The predicted octanol–water partition coefficient (Wildman–Crippen LogP) is 2.49. The number of hydrogen-bond acceptors (Lipinski definition) is 4. The van der Waals surface area contributed by atoms with Gasteiger partial charge in [-0.3, -0.25) is 4.79 Å². The standard InChI is InChI=1S/C14H22N2O2S.ClH/c1-2-3-4-11(8-15)16-14(17)13-7-10-9-18-6-5-12(10)19-13;/h7,11H,2-6,8-9,15H2,1H3,(H,16,17);1H. The van der Waals surface area contributed by atoms with Crippen molar-refractivity contribution in [2.24, 2.45) is 5.73 Å². The molecule has 4 nitrogen and oxygen atoms in total. The first-order chi connectivity index (χ1) is 9.24. The molecule has 0 spiro atoms. The van der Waals surface area contributed by atoms with Gasteiger partial charge in [-0.25, -0.2) is 0 Å². The van der Waals surface area contributed by atoms with Gasteiger partial charge in [-0.05, 0) is 18.1 Å². The summed E-state index contributed by atoms with van der Waals surface area (Å²) in [7, 11) is 0. The number of halogens is 1. The highest BCUT2D eigenvalue weighted by atomic mass is 35.5. The number of ether oxygens (including phenoxy) is 1. The average Bonchev–Trinajstić information content (AvgIpc) is 2.87. The van der Waals surface area contributed by atoms with Crippen molar-refractivity contribution in [1.29, 1.82) is 0 Å². The maximum absolute atomic E-state index is 12.2. The van der Waals surface area contributed by atoms with Crippen LogP contribution in [0.2, 0.25) is 0 Å². The van der Waals surface area contributed by atoms with Crippen LogP contribution in [0.4, 0.5) is 0 Å². The highest BCUT2D eigenvalue weighted by molar-refractivity contribution is 7.14. The molecule has 1 atom stereocenters. The fourth-order valence-corrected chi connectivity index (χ4v) is 3.27. The van der Waals surface area contributed by atoms with Crippen LogP contribution in [0.5, 0.6) is 0 Å². The van der Waals surface area contributed by atoms with E-state index in [0.29, 0.717) is 13.2 Å². The maximum Gasteiger partial charge on any atom is 0.261 e.